The molecule has 0 aliphatic carbocycles. The van der Waals surface area contributed by atoms with Crippen molar-refractivity contribution in [3.63, 3.8) is 0 Å². The zero-order valence-corrected chi connectivity index (χ0v) is 8.58. The van der Waals surface area contributed by atoms with Crippen molar-refractivity contribution < 1.29 is 13.5 Å². The highest BCUT2D eigenvalue weighted by molar-refractivity contribution is 6.30. The summed E-state index contributed by atoms with van der Waals surface area (Å²) in [6.07, 6.45) is 1.02. The number of halogens is 3. The molecule has 6 heteroatoms. The van der Waals surface area contributed by atoms with Crippen molar-refractivity contribution in [2.24, 2.45) is 0 Å². The molecule has 16 heavy (non-hydrogen) atoms. The number of hydrogen-bond donors (Lipinski definition) is 0. The molecule has 0 saturated carbocycles. The fraction of sp³-hybridized carbons (Fsp3) is 0. The van der Waals surface area contributed by atoms with Gasteiger partial charge in [-0.3, -0.25) is 0 Å². The van der Waals surface area contributed by atoms with Crippen LogP contribution in [0, 0.1) is 11.8 Å². The van der Waals surface area contributed by atoms with E-state index >= 15 is 0 Å². The predicted molar refractivity (Wildman–Crippen MR) is 53.5 cm³/mol. The molecule has 0 amide bonds. The minimum atomic E-state index is -0.710. The molecule has 0 aliphatic heterocycles. The molecular weight excluding hydrogens is 238 g/mol. The van der Waals surface area contributed by atoms with Crippen molar-refractivity contribution in [1.82, 2.24) is 9.97 Å². The monoisotopic (exact) mass is 242 g/mol. The van der Waals surface area contributed by atoms with Gasteiger partial charge in [0, 0.05) is 6.07 Å². The SMILES string of the molecule is Fc1cc(Oc2ccc(F)c(Cl)c2)ncn1. The smallest absolute Gasteiger partial charge is 0.225 e. The Labute approximate surface area is 94.7 Å². The summed E-state index contributed by atoms with van der Waals surface area (Å²) in [4.78, 5) is 6.95. The van der Waals surface area contributed by atoms with Crippen LogP contribution in [0.2, 0.25) is 5.02 Å². The Hall–Kier alpha value is -1.75. The minimum absolute atomic E-state index is 0.0233. The summed E-state index contributed by atoms with van der Waals surface area (Å²) in [6, 6.07) is 4.80. The van der Waals surface area contributed by atoms with Crippen molar-refractivity contribution >= 4 is 11.6 Å². The van der Waals surface area contributed by atoms with Gasteiger partial charge in [-0.1, -0.05) is 11.6 Å². The summed E-state index contributed by atoms with van der Waals surface area (Å²) >= 11 is 5.55. The van der Waals surface area contributed by atoms with Crippen molar-refractivity contribution in [1.29, 1.82) is 0 Å². The first-order chi connectivity index (χ1) is 7.65. The Bertz CT molecular complexity index is 522. The van der Waals surface area contributed by atoms with E-state index in [1.807, 2.05) is 0 Å². The largest absolute Gasteiger partial charge is 0.439 e. The van der Waals surface area contributed by atoms with Gasteiger partial charge in [0.2, 0.25) is 11.8 Å². The van der Waals surface area contributed by atoms with Crippen LogP contribution in [-0.2, 0) is 0 Å². The molecule has 0 saturated heterocycles. The summed E-state index contributed by atoms with van der Waals surface area (Å²) in [7, 11) is 0. The van der Waals surface area contributed by atoms with Gasteiger partial charge in [-0.2, -0.15) is 4.39 Å². The zero-order valence-electron chi connectivity index (χ0n) is 7.82. The molecule has 1 heterocycles. The molecular formula is C10H5ClF2N2O. The van der Waals surface area contributed by atoms with E-state index in [1.54, 1.807) is 0 Å². The quantitative estimate of drug-likeness (QED) is 0.759. The highest BCUT2D eigenvalue weighted by atomic mass is 35.5. The standard InChI is InChI=1S/C10H5ClF2N2O/c11-7-3-6(1-2-8(7)12)16-10-4-9(13)14-5-15-10/h1-5H. The van der Waals surface area contributed by atoms with E-state index < -0.39 is 11.8 Å². The Kier molecular flexibility index (Phi) is 2.96. The maximum atomic E-state index is 12.8. The van der Waals surface area contributed by atoms with Crippen LogP contribution in [0.15, 0.2) is 30.6 Å². The first-order valence-corrected chi connectivity index (χ1v) is 4.63. The Morgan fingerprint density at radius 1 is 1.12 bits per heavy atom. The van der Waals surface area contributed by atoms with Crippen molar-refractivity contribution in [3.05, 3.63) is 47.4 Å². The fourth-order valence-electron chi connectivity index (χ4n) is 1.03. The second-order valence-corrected chi connectivity index (χ2v) is 3.26. The average molecular weight is 243 g/mol. The third-order valence-electron chi connectivity index (χ3n) is 1.72. The normalized spacial score (nSPS) is 10.2. The molecule has 82 valence electrons. The molecule has 2 aromatic rings. The van der Waals surface area contributed by atoms with E-state index in [-0.39, 0.29) is 16.7 Å². The maximum Gasteiger partial charge on any atom is 0.225 e. The van der Waals surface area contributed by atoms with E-state index in [0.717, 1.165) is 18.5 Å². The van der Waals surface area contributed by atoms with E-state index in [9.17, 15) is 8.78 Å². The second kappa shape index (κ2) is 4.40. The average Bonchev–Trinajstić information content (AvgIpc) is 2.24. The molecule has 1 aromatic carbocycles. The van der Waals surface area contributed by atoms with Gasteiger partial charge in [-0.25, -0.2) is 14.4 Å². The van der Waals surface area contributed by atoms with Gasteiger partial charge < -0.3 is 4.74 Å². The number of hydrogen-bond acceptors (Lipinski definition) is 3. The van der Waals surface area contributed by atoms with Crippen LogP contribution in [0.5, 0.6) is 11.6 Å². The third-order valence-corrected chi connectivity index (χ3v) is 2.01. The van der Waals surface area contributed by atoms with E-state index in [4.69, 9.17) is 16.3 Å². The number of benzene rings is 1. The first-order valence-electron chi connectivity index (χ1n) is 4.25. The number of rotatable bonds is 2. The number of nitrogens with zero attached hydrogens (tertiary/aromatic N) is 2. The molecule has 0 aliphatic rings. The van der Waals surface area contributed by atoms with Crippen LogP contribution in [-0.4, -0.2) is 9.97 Å². The van der Waals surface area contributed by atoms with Gasteiger partial charge in [0.15, 0.2) is 0 Å². The molecule has 3 nitrogen and oxygen atoms in total. The van der Waals surface area contributed by atoms with Gasteiger partial charge in [-0.15, -0.1) is 0 Å². The van der Waals surface area contributed by atoms with Crippen LogP contribution in [0.4, 0.5) is 8.78 Å². The lowest BCUT2D eigenvalue weighted by Crippen LogP contribution is -1.91. The van der Waals surface area contributed by atoms with Crippen LogP contribution in [0.1, 0.15) is 0 Å². The number of ether oxygens (including phenoxy) is 1. The summed E-state index contributed by atoms with van der Waals surface area (Å²) in [5.74, 6) is -0.972. The third kappa shape index (κ3) is 2.43. The van der Waals surface area contributed by atoms with Crippen LogP contribution in [0.25, 0.3) is 0 Å². The van der Waals surface area contributed by atoms with Gasteiger partial charge in [0.25, 0.3) is 0 Å². The molecule has 1 aromatic heterocycles. The van der Waals surface area contributed by atoms with Crippen molar-refractivity contribution in [2.45, 2.75) is 0 Å². The molecule has 0 fully saturated rings. The number of aromatic nitrogens is 2. The van der Waals surface area contributed by atoms with Crippen LogP contribution in [0.3, 0.4) is 0 Å². The van der Waals surface area contributed by atoms with Gasteiger partial charge in [-0.05, 0) is 12.1 Å². The van der Waals surface area contributed by atoms with Crippen LogP contribution >= 0.6 is 11.6 Å². The highest BCUT2D eigenvalue weighted by Crippen LogP contribution is 2.24. The molecule has 0 radical (unpaired) electrons. The van der Waals surface area contributed by atoms with E-state index in [1.165, 1.54) is 12.1 Å². The topological polar surface area (TPSA) is 35.0 Å². The minimum Gasteiger partial charge on any atom is -0.439 e. The molecule has 2 rings (SSSR count). The Morgan fingerprint density at radius 2 is 1.94 bits per heavy atom. The fourth-order valence-corrected chi connectivity index (χ4v) is 1.20. The summed E-state index contributed by atoms with van der Waals surface area (Å²) in [6.45, 7) is 0. The maximum absolute atomic E-state index is 12.8. The first kappa shape index (κ1) is 10.8. The lowest BCUT2D eigenvalue weighted by Gasteiger charge is -2.04. The Morgan fingerprint density at radius 3 is 2.62 bits per heavy atom. The van der Waals surface area contributed by atoms with Crippen molar-refractivity contribution in [3.8, 4) is 11.6 Å². The molecule has 0 spiro atoms. The van der Waals surface area contributed by atoms with Gasteiger partial charge in [0.05, 0.1) is 11.1 Å². The van der Waals surface area contributed by atoms with Gasteiger partial charge >= 0.3 is 0 Å². The molecule has 0 N–H and O–H groups in total. The lowest BCUT2D eigenvalue weighted by molar-refractivity contribution is 0.449. The summed E-state index contributed by atoms with van der Waals surface area (Å²) < 4.78 is 30.7. The molecule has 0 atom stereocenters. The highest BCUT2D eigenvalue weighted by Gasteiger charge is 2.04. The molecule has 0 unspecified atom stereocenters. The van der Waals surface area contributed by atoms with E-state index in [0.29, 0.717) is 0 Å². The predicted octanol–water partition coefficient (Wildman–Crippen LogP) is 3.20. The van der Waals surface area contributed by atoms with Gasteiger partial charge in [0.1, 0.15) is 17.9 Å². The lowest BCUT2D eigenvalue weighted by atomic mass is 10.3. The summed E-state index contributed by atoms with van der Waals surface area (Å²) in [5.41, 5.74) is 0. The van der Waals surface area contributed by atoms with Crippen LogP contribution < -0.4 is 4.74 Å². The second-order valence-electron chi connectivity index (χ2n) is 2.86. The van der Waals surface area contributed by atoms with Crippen molar-refractivity contribution in [2.75, 3.05) is 0 Å². The zero-order chi connectivity index (χ0) is 11.5. The van der Waals surface area contributed by atoms with E-state index in [2.05, 4.69) is 9.97 Å². The Balaban J connectivity index is 2.24. The molecule has 0 bridgehead atoms. The summed E-state index contributed by atoms with van der Waals surface area (Å²) in [5, 5.41) is -0.0768.